The van der Waals surface area contributed by atoms with Crippen LogP contribution < -0.4 is 4.74 Å². The number of likely N-dealkylation sites (N-methyl/N-ethyl adjacent to an activating group) is 1. The van der Waals surface area contributed by atoms with Crippen molar-refractivity contribution in [3.63, 3.8) is 0 Å². The van der Waals surface area contributed by atoms with Gasteiger partial charge in [-0.15, -0.1) is 0 Å². The van der Waals surface area contributed by atoms with Gasteiger partial charge in [0.15, 0.2) is 6.10 Å². The van der Waals surface area contributed by atoms with Gasteiger partial charge in [-0.25, -0.2) is 4.79 Å². The van der Waals surface area contributed by atoms with E-state index in [0.29, 0.717) is 23.1 Å². The van der Waals surface area contributed by atoms with E-state index >= 15 is 0 Å². The second-order valence-electron chi connectivity index (χ2n) is 7.25. The lowest BCUT2D eigenvalue weighted by Crippen LogP contribution is -2.30. The van der Waals surface area contributed by atoms with Gasteiger partial charge in [0, 0.05) is 29.3 Å². The molecule has 2 aromatic rings. The van der Waals surface area contributed by atoms with Gasteiger partial charge in [-0.1, -0.05) is 30.3 Å². The number of phenolic OH excluding ortho intramolecular Hbond substituents is 1. The van der Waals surface area contributed by atoms with Crippen molar-refractivity contribution in [2.45, 2.75) is 31.0 Å². The molecule has 1 aliphatic carbocycles. The van der Waals surface area contributed by atoms with E-state index in [1.807, 2.05) is 24.3 Å². The van der Waals surface area contributed by atoms with E-state index < -0.39 is 23.9 Å². The second kappa shape index (κ2) is 5.82. The summed E-state index contributed by atoms with van der Waals surface area (Å²) in [5, 5.41) is 12.1. The molecule has 0 unspecified atom stereocenters. The molecule has 3 aliphatic rings. The predicted octanol–water partition coefficient (Wildman–Crippen LogP) is 2.26. The molecule has 0 bridgehead atoms. The molecule has 1 saturated heterocycles. The van der Waals surface area contributed by atoms with Crippen LogP contribution in [0.3, 0.4) is 0 Å². The highest BCUT2D eigenvalue weighted by molar-refractivity contribution is 6.09. The monoisotopic (exact) mass is 379 g/mol. The van der Waals surface area contributed by atoms with E-state index in [2.05, 4.69) is 0 Å². The number of ether oxygens (including phenoxy) is 2. The van der Waals surface area contributed by atoms with E-state index in [0.717, 1.165) is 10.3 Å². The summed E-state index contributed by atoms with van der Waals surface area (Å²) in [5.74, 6) is -1.52. The second-order valence-corrected chi connectivity index (χ2v) is 7.25. The summed E-state index contributed by atoms with van der Waals surface area (Å²) in [7, 11) is 1.35. The van der Waals surface area contributed by atoms with Gasteiger partial charge in [0.25, 0.3) is 5.91 Å². The molecule has 2 amide bonds. The SMILES string of the molecule is CN1C(=O)C[C@H](OC(=O)c2c3c(c4ccccc4c2O)O[C@H]2C=CC[C@@H]32)C1=O. The van der Waals surface area contributed by atoms with E-state index in [9.17, 15) is 19.5 Å². The molecule has 1 N–H and O–H groups in total. The van der Waals surface area contributed by atoms with Gasteiger partial charge in [0.1, 0.15) is 23.2 Å². The number of allylic oxidation sites excluding steroid dienone is 1. The van der Waals surface area contributed by atoms with Crippen molar-refractivity contribution in [3.05, 3.63) is 47.5 Å². The molecule has 0 saturated carbocycles. The van der Waals surface area contributed by atoms with Crippen molar-refractivity contribution >= 4 is 28.6 Å². The van der Waals surface area contributed by atoms with Gasteiger partial charge in [-0.2, -0.15) is 0 Å². The standard InChI is InChI=1S/C21H17NO6/c1-22-15(23)9-14(20(22)25)28-21(26)17-16-12-7-4-8-13(12)27-19(16)11-6-3-2-5-10(11)18(17)24/h2-6,8,12-14,24H,7,9H2,1H3/t12-,13+,14+/m1/s1. The lowest BCUT2D eigenvalue weighted by atomic mass is 9.89. The number of benzene rings is 2. The van der Waals surface area contributed by atoms with Gasteiger partial charge in [0.2, 0.25) is 5.91 Å². The minimum atomic E-state index is -1.17. The number of rotatable bonds is 2. The first-order valence-corrected chi connectivity index (χ1v) is 9.09. The summed E-state index contributed by atoms with van der Waals surface area (Å²) in [5.41, 5.74) is 0.612. The fraction of sp³-hybridized carbons (Fsp3) is 0.286. The third kappa shape index (κ3) is 2.19. The number of esters is 1. The van der Waals surface area contributed by atoms with Crippen LogP contribution in [0, 0.1) is 0 Å². The Morgan fingerprint density at radius 2 is 2.00 bits per heavy atom. The van der Waals surface area contributed by atoms with E-state index in [-0.39, 0.29) is 29.8 Å². The van der Waals surface area contributed by atoms with Crippen molar-refractivity contribution in [2.75, 3.05) is 7.05 Å². The number of imide groups is 1. The molecule has 0 aromatic heterocycles. The van der Waals surface area contributed by atoms with Crippen molar-refractivity contribution in [2.24, 2.45) is 0 Å². The molecule has 0 radical (unpaired) electrons. The lowest BCUT2D eigenvalue weighted by Gasteiger charge is -2.17. The molecule has 3 atom stereocenters. The fourth-order valence-corrected chi connectivity index (χ4v) is 4.26. The molecule has 28 heavy (non-hydrogen) atoms. The molecule has 142 valence electrons. The van der Waals surface area contributed by atoms with Crippen molar-refractivity contribution in [1.82, 2.24) is 4.90 Å². The molecule has 5 rings (SSSR count). The number of aromatic hydroxyl groups is 1. The van der Waals surface area contributed by atoms with Crippen LogP contribution in [0.4, 0.5) is 0 Å². The highest BCUT2D eigenvalue weighted by Crippen LogP contribution is 2.52. The van der Waals surface area contributed by atoms with Gasteiger partial charge in [-0.3, -0.25) is 14.5 Å². The van der Waals surface area contributed by atoms with Gasteiger partial charge >= 0.3 is 5.97 Å². The molecular formula is C21H17NO6. The maximum absolute atomic E-state index is 13.0. The molecule has 2 heterocycles. The molecular weight excluding hydrogens is 362 g/mol. The molecule has 0 spiro atoms. The first-order valence-electron chi connectivity index (χ1n) is 9.09. The largest absolute Gasteiger partial charge is 0.506 e. The normalized spacial score (nSPS) is 25.2. The molecule has 7 heteroatoms. The number of nitrogens with zero attached hydrogens (tertiary/aromatic N) is 1. The maximum Gasteiger partial charge on any atom is 0.343 e. The Balaban J connectivity index is 1.63. The van der Waals surface area contributed by atoms with Crippen LogP contribution in [0.5, 0.6) is 11.5 Å². The Bertz CT molecular complexity index is 1090. The number of amides is 2. The lowest BCUT2D eigenvalue weighted by molar-refractivity contribution is -0.139. The number of hydrogen-bond donors (Lipinski definition) is 1. The highest BCUT2D eigenvalue weighted by atomic mass is 16.6. The Morgan fingerprint density at radius 3 is 2.71 bits per heavy atom. The molecule has 2 aromatic carbocycles. The van der Waals surface area contributed by atoms with Crippen molar-refractivity contribution in [3.8, 4) is 11.5 Å². The molecule has 1 fully saturated rings. The number of carbonyl (C=O) groups is 3. The summed E-state index contributed by atoms with van der Waals surface area (Å²) >= 11 is 0. The first kappa shape index (κ1) is 16.8. The average Bonchev–Trinajstić information content (AvgIpc) is 3.34. The van der Waals surface area contributed by atoms with Crippen LogP contribution in [0.25, 0.3) is 10.8 Å². The summed E-state index contributed by atoms with van der Waals surface area (Å²) in [6.07, 6.45) is 3.04. The van der Waals surface area contributed by atoms with E-state index in [1.54, 1.807) is 12.1 Å². The third-order valence-electron chi connectivity index (χ3n) is 5.71. The number of likely N-dealkylation sites (tertiary alicyclic amines) is 1. The van der Waals surface area contributed by atoms with E-state index in [1.165, 1.54) is 7.05 Å². The van der Waals surface area contributed by atoms with Crippen LogP contribution in [-0.4, -0.2) is 47.0 Å². The van der Waals surface area contributed by atoms with E-state index in [4.69, 9.17) is 9.47 Å². The minimum Gasteiger partial charge on any atom is -0.506 e. The van der Waals surface area contributed by atoms with Crippen LogP contribution in [0.2, 0.25) is 0 Å². The Hall–Kier alpha value is -3.35. The topological polar surface area (TPSA) is 93.1 Å². The summed E-state index contributed by atoms with van der Waals surface area (Å²) in [6, 6.07) is 7.13. The van der Waals surface area contributed by atoms with Crippen LogP contribution in [0.1, 0.15) is 34.7 Å². The number of phenols is 1. The molecule has 7 nitrogen and oxygen atoms in total. The number of fused-ring (bicyclic) bond motifs is 5. The average molecular weight is 379 g/mol. The number of hydrogen-bond acceptors (Lipinski definition) is 6. The van der Waals surface area contributed by atoms with Crippen LogP contribution in [0.15, 0.2) is 36.4 Å². The Labute approximate surface area is 160 Å². The first-order chi connectivity index (χ1) is 13.5. The Morgan fingerprint density at radius 1 is 1.25 bits per heavy atom. The van der Waals surface area contributed by atoms with Crippen molar-refractivity contribution in [1.29, 1.82) is 0 Å². The smallest absolute Gasteiger partial charge is 0.343 e. The molecule has 2 aliphatic heterocycles. The Kier molecular flexibility index (Phi) is 3.49. The highest BCUT2D eigenvalue weighted by Gasteiger charge is 2.44. The zero-order chi connectivity index (χ0) is 19.6. The van der Waals surface area contributed by atoms with Crippen molar-refractivity contribution < 1.29 is 29.0 Å². The predicted molar refractivity (Wildman–Crippen MR) is 98.1 cm³/mol. The quantitative estimate of drug-likeness (QED) is 0.489. The summed E-state index contributed by atoms with van der Waals surface area (Å²) in [4.78, 5) is 37.8. The fourth-order valence-electron chi connectivity index (χ4n) is 4.26. The minimum absolute atomic E-state index is 0.0136. The van der Waals surface area contributed by atoms with Gasteiger partial charge in [0.05, 0.1) is 6.42 Å². The zero-order valence-corrected chi connectivity index (χ0v) is 15.0. The zero-order valence-electron chi connectivity index (χ0n) is 15.0. The van der Waals surface area contributed by atoms with Gasteiger partial charge < -0.3 is 14.6 Å². The summed E-state index contributed by atoms with van der Waals surface area (Å²) < 4.78 is 11.4. The third-order valence-corrected chi connectivity index (χ3v) is 5.71. The van der Waals surface area contributed by atoms with Gasteiger partial charge in [-0.05, 0) is 12.5 Å². The number of carbonyl (C=O) groups excluding carboxylic acids is 3. The van der Waals surface area contributed by atoms with Crippen LogP contribution in [-0.2, 0) is 14.3 Å². The maximum atomic E-state index is 13.0. The summed E-state index contributed by atoms with van der Waals surface area (Å²) in [6.45, 7) is 0. The van der Waals surface area contributed by atoms with Crippen LogP contribution >= 0.6 is 0 Å².